The number of fused-ring (bicyclic) bond motifs is 1. The molecule has 0 saturated carbocycles. The van der Waals surface area contributed by atoms with E-state index >= 15 is 0 Å². The lowest BCUT2D eigenvalue weighted by Crippen LogP contribution is -2.32. The molecule has 1 aromatic carbocycles. The van der Waals surface area contributed by atoms with Gasteiger partial charge in [-0.05, 0) is 49.5 Å². The summed E-state index contributed by atoms with van der Waals surface area (Å²) in [6, 6.07) is 5.03. The van der Waals surface area contributed by atoms with Crippen LogP contribution < -0.4 is 5.32 Å². The summed E-state index contributed by atoms with van der Waals surface area (Å²) in [6.07, 6.45) is 0. The second-order valence-electron chi connectivity index (χ2n) is 5.41. The molecule has 0 aromatic heterocycles. The molecule has 4 nitrogen and oxygen atoms in total. The third-order valence-corrected chi connectivity index (χ3v) is 6.33. The second kappa shape index (κ2) is 5.81. The summed E-state index contributed by atoms with van der Waals surface area (Å²) >= 11 is 5.93. The highest BCUT2D eigenvalue weighted by molar-refractivity contribution is 7.89. The Morgan fingerprint density at radius 3 is 2.45 bits per heavy atom. The van der Waals surface area contributed by atoms with E-state index in [4.69, 9.17) is 11.6 Å². The lowest BCUT2D eigenvalue weighted by molar-refractivity contribution is 0.447. The number of hydrogen-bond acceptors (Lipinski definition) is 3. The normalized spacial score (nSPS) is 26.3. The maximum absolute atomic E-state index is 12.7. The van der Waals surface area contributed by atoms with Crippen LogP contribution in [0.2, 0.25) is 5.02 Å². The molecule has 2 fully saturated rings. The molecule has 2 aliphatic rings. The van der Waals surface area contributed by atoms with Gasteiger partial charge in [-0.2, -0.15) is 4.31 Å². The van der Waals surface area contributed by atoms with Crippen molar-refractivity contribution in [1.29, 1.82) is 0 Å². The van der Waals surface area contributed by atoms with Gasteiger partial charge >= 0.3 is 0 Å². The molecule has 3 rings (SSSR count). The lowest BCUT2D eigenvalue weighted by Gasteiger charge is -2.19. The van der Waals surface area contributed by atoms with Crippen molar-refractivity contribution in [3.05, 3.63) is 28.8 Å². The zero-order valence-corrected chi connectivity index (χ0v) is 13.6. The first kappa shape index (κ1) is 16.0. The Labute approximate surface area is 131 Å². The molecule has 0 bridgehead atoms. The van der Waals surface area contributed by atoms with Gasteiger partial charge in [-0.3, -0.25) is 0 Å². The van der Waals surface area contributed by atoms with Crippen LogP contribution in [0.15, 0.2) is 23.1 Å². The van der Waals surface area contributed by atoms with Gasteiger partial charge in [0, 0.05) is 18.1 Å². The Hall–Kier alpha value is -0.330. The number of aryl methyl sites for hydroxylation is 1. The number of nitrogens with one attached hydrogen (secondary N) is 1. The zero-order chi connectivity index (χ0) is 13.6. The topological polar surface area (TPSA) is 49.4 Å². The number of nitrogens with zero attached hydrogens (tertiary/aromatic N) is 1. The van der Waals surface area contributed by atoms with Crippen molar-refractivity contribution >= 4 is 34.0 Å². The van der Waals surface area contributed by atoms with Gasteiger partial charge in [-0.15, -0.1) is 12.4 Å². The largest absolute Gasteiger partial charge is 0.316 e. The van der Waals surface area contributed by atoms with E-state index in [1.165, 1.54) is 0 Å². The standard InChI is InChI=1S/C13H17ClN2O2S.ClH/c1-9-2-3-12(14)4-13(9)19(17,18)16-7-10-5-15-6-11(10)8-16;/h2-4,10-11,15H,5-8H2,1H3;1H/t10-,11+;. The molecule has 0 unspecified atom stereocenters. The molecule has 1 N–H and O–H groups in total. The molecule has 112 valence electrons. The van der Waals surface area contributed by atoms with E-state index in [1.807, 2.05) is 6.92 Å². The molecule has 2 saturated heterocycles. The van der Waals surface area contributed by atoms with Crippen LogP contribution in [0.4, 0.5) is 0 Å². The van der Waals surface area contributed by atoms with Crippen LogP contribution in [0, 0.1) is 18.8 Å². The van der Waals surface area contributed by atoms with E-state index in [-0.39, 0.29) is 12.4 Å². The Bertz CT molecular complexity index is 594. The maximum Gasteiger partial charge on any atom is 0.243 e. The van der Waals surface area contributed by atoms with Crippen molar-refractivity contribution in [1.82, 2.24) is 9.62 Å². The molecule has 2 aliphatic heterocycles. The zero-order valence-electron chi connectivity index (χ0n) is 11.2. The van der Waals surface area contributed by atoms with Crippen LogP contribution in [0.5, 0.6) is 0 Å². The van der Waals surface area contributed by atoms with Crippen LogP contribution in [0.3, 0.4) is 0 Å². The van der Waals surface area contributed by atoms with Gasteiger partial charge in [-0.25, -0.2) is 8.42 Å². The minimum atomic E-state index is -3.41. The van der Waals surface area contributed by atoms with Gasteiger partial charge in [0.2, 0.25) is 10.0 Å². The first-order valence-electron chi connectivity index (χ1n) is 6.45. The average molecular weight is 337 g/mol. The third-order valence-electron chi connectivity index (χ3n) is 4.12. The first-order valence-corrected chi connectivity index (χ1v) is 8.27. The summed E-state index contributed by atoms with van der Waals surface area (Å²) in [5.41, 5.74) is 0.750. The van der Waals surface area contributed by atoms with Crippen molar-refractivity contribution in [3.63, 3.8) is 0 Å². The summed E-state index contributed by atoms with van der Waals surface area (Å²) in [4.78, 5) is 0.341. The van der Waals surface area contributed by atoms with Gasteiger partial charge in [0.05, 0.1) is 4.90 Å². The smallest absolute Gasteiger partial charge is 0.243 e. The van der Waals surface area contributed by atoms with Crippen LogP contribution in [-0.2, 0) is 10.0 Å². The van der Waals surface area contributed by atoms with Crippen LogP contribution in [0.25, 0.3) is 0 Å². The molecule has 20 heavy (non-hydrogen) atoms. The summed E-state index contributed by atoms with van der Waals surface area (Å²) in [5.74, 6) is 0.906. The SMILES string of the molecule is Cc1ccc(Cl)cc1S(=O)(=O)N1C[C@H]2CNC[C@H]2C1.Cl. The molecule has 2 heterocycles. The van der Waals surface area contributed by atoms with E-state index in [0.29, 0.717) is 34.8 Å². The molecule has 1 aromatic rings. The van der Waals surface area contributed by atoms with Crippen LogP contribution >= 0.6 is 24.0 Å². The van der Waals surface area contributed by atoms with E-state index < -0.39 is 10.0 Å². The van der Waals surface area contributed by atoms with Crippen LogP contribution in [-0.4, -0.2) is 38.9 Å². The molecule has 0 radical (unpaired) electrons. The third kappa shape index (κ3) is 2.70. The highest BCUT2D eigenvalue weighted by atomic mass is 35.5. The number of benzene rings is 1. The van der Waals surface area contributed by atoms with Gasteiger partial charge in [0.1, 0.15) is 0 Å². The van der Waals surface area contributed by atoms with Crippen molar-refractivity contribution in [2.24, 2.45) is 11.8 Å². The monoisotopic (exact) mass is 336 g/mol. The van der Waals surface area contributed by atoms with Crippen molar-refractivity contribution in [2.45, 2.75) is 11.8 Å². The molecular formula is C13H18Cl2N2O2S. The summed E-state index contributed by atoms with van der Waals surface area (Å²) in [7, 11) is -3.41. The minimum Gasteiger partial charge on any atom is -0.316 e. The number of hydrogen-bond donors (Lipinski definition) is 1. The molecular weight excluding hydrogens is 319 g/mol. The number of sulfonamides is 1. The number of rotatable bonds is 2. The Morgan fingerprint density at radius 1 is 1.25 bits per heavy atom. The summed E-state index contributed by atoms with van der Waals surface area (Å²) in [6.45, 7) is 4.88. The Morgan fingerprint density at radius 2 is 1.85 bits per heavy atom. The van der Waals surface area contributed by atoms with Gasteiger partial charge < -0.3 is 5.32 Å². The van der Waals surface area contributed by atoms with Crippen LogP contribution in [0.1, 0.15) is 5.56 Å². The maximum atomic E-state index is 12.7. The average Bonchev–Trinajstić information content (AvgIpc) is 2.92. The van der Waals surface area contributed by atoms with E-state index in [9.17, 15) is 8.42 Å². The van der Waals surface area contributed by atoms with Gasteiger partial charge in [-0.1, -0.05) is 17.7 Å². The molecule has 0 aliphatic carbocycles. The minimum absolute atomic E-state index is 0. The quantitative estimate of drug-likeness (QED) is 0.897. The van der Waals surface area contributed by atoms with E-state index in [1.54, 1.807) is 22.5 Å². The second-order valence-corrected chi connectivity index (χ2v) is 7.75. The van der Waals surface area contributed by atoms with Gasteiger partial charge in [0.15, 0.2) is 0 Å². The highest BCUT2D eigenvalue weighted by Gasteiger charge is 2.41. The Balaban J connectivity index is 0.00000147. The van der Waals surface area contributed by atoms with E-state index in [2.05, 4.69) is 5.32 Å². The Kier molecular flexibility index (Phi) is 4.66. The summed E-state index contributed by atoms with van der Waals surface area (Å²) in [5, 5.41) is 3.78. The molecule has 0 spiro atoms. The van der Waals surface area contributed by atoms with Crippen molar-refractivity contribution in [3.8, 4) is 0 Å². The fourth-order valence-electron chi connectivity index (χ4n) is 3.00. The highest BCUT2D eigenvalue weighted by Crippen LogP contribution is 2.32. The fourth-order valence-corrected chi connectivity index (χ4v) is 5.04. The predicted octanol–water partition coefficient (Wildman–Crippen LogP) is 1.91. The van der Waals surface area contributed by atoms with Crippen molar-refractivity contribution in [2.75, 3.05) is 26.2 Å². The molecule has 2 atom stereocenters. The fraction of sp³-hybridized carbons (Fsp3) is 0.538. The molecule has 0 amide bonds. The van der Waals surface area contributed by atoms with Crippen molar-refractivity contribution < 1.29 is 8.42 Å². The molecule has 7 heteroatoms. The first-order chi connectivity index (χ1) is 8.98. The summed E-state index contributed by atoms with van der Waals surface area (Å²) < 4.78 is 27.0. The van der Waals surface area contributed by atoms with E-state index in [0.717, 1.165) is 18.7 Å². The predicted molar refractivity (Wildman–Crippen MR) is 82.0 cm³/mol. The lowest BCUT2D eigenvalue weighted by atomic mass is 10.0. The number of halogens is 2. The van der Waals surface area contributed by atoms with Gasteiger partial charge in [0.25, 0.3) is 0 Å².